The quantitative estimate of drug-likeness (QED) is 0.878. The van der Waals surface area contributed by atoms with E-state index in [2.05, 4.69) is 5.32 Å². The van der Waals surface area contributed by atoms with Crippen molar-refractivity contribution in [2.24, 2.45) is 0 Å². The minimum absolute atomic E-state index is 0.170. The second kappa shape index (κ2) is 4.56. The lowest BCUT2D eigenvalue weighted by molar-refractivity contribution is -0.137. The first-order valence-electron chi connectivity index (χ1n) is 5.67. The molecular formula is C12H15F3N2. The number of halogens is 3. The Morgan fingerprint density at radius 2 is 1.94 bits per heavy atom. The molecule has 1 N–H and O–H groups in total. The molecule has 2 nitrogen and oxygen atoms in total. The zero-order chi connectivity index (χ0) is 12.5. The van der Waals surface area contributed by atoms with E-state index in [1.54, 1.807) is 12.1 Å². The summed E-state index contributed by atoms with van der Waals surface area (Å²) < 4.78 is 38.7. The van der Waals surface area contributed by atoms with Crippen LogP contribution in [0.3, 0.4) is 0 Å². The first-order valence-corrected chi connectivity index (χ1v) is 5.67. The smallest absolute Gasteiger partial charge is 0.366 e. The molecule has 0 amide bonds. The Labute approximate surface area is 98.4 Å². The topological polar surface area (TPSA) is 15.3 Å². The second-order valence-electron chi connectivity index (χ2n) is 4.11. The van der Waals surface area contributed by atoms with Gasteiger partial charge in [-0.2, -0.15) is 13.2 Å². The Morgan fingerprint density at radius 3 is 2.41 bits per heavy atom. The maximum atomic E-state index is 12.9. The van der Waals surface area contributed by atoms with Crippen LogP contribution >= 0.6 is 0 Å². The van der Waals surface area contributed by atoms with E-state index >= 15 is 0 Å². The maximum absolute atomic E-state index is 12.9. The van der Waals surface area contributed by atoms with Crippen LogP contribution in [-0.4, -0.2) is 25.7 Å². The zero-order valence-electron chi connectivity index (χ0n) is 9.59. The van der Waals surface area contributed by atoms with Crippen molar-refractivity contribution in [1.29, 1.82) is 0 Å². The van der Waals surface area contributed by atoms with Gasteiger partial charge in [0, 0.05) is 25.3 Å². The van der Waals surface area contributed by atoms with Crippen LogP contribution in [0.1, 0.15) is 12.5 Å². The maximum Gasteiger partial charge on any atom is 0.418 e. The predicted octanol–water partition coefficient (Wildman–Crippen LogP) is 2.50. The Kier molecular flexibility index (Phi) is 3.28. The summed E-state index contributed by atoms with van der Waals surface area (Å²) in [5.41, 5.74) is -0.261. The standard InChI is InChI=1S/C12H15F3N2/c1-2-17(9-7-16-8-9)11-6-4-3-5-10(11)12(13,14)15/h3-6,9,16H,2,7-8H2,1H3. The lowest BCUT2D eigenvalue weighted by atomic mass is 10.1. The molecule has 0 saturated carbocycles. The number of nitrogens with one attached hydrogen (secondary N) is 1. The number of hydrogen-bond acceptors (Lipinski definition) is 2. The van der Waals surface area contributed by atoms with E-state index < -0.39 is 11.7 Å². The Morgan fingerprint density at radius 1 is 1.29 bits per heavy atom. The molecule has 1 aliphatic heterocycles. The summed E-state index contributed by atoms with van der Waals surface area (Å²) >= 11 is 0. The molecule has 5 heteroatoms. The molecule has 2 rings (SSSR count). The van der Waals surface area contributed by atoms with E-state index in [1.807, 2.05) is 11.8 Å². The van der Waals surface area contributed by atoms with Crippen LogP contribution in [0.25, 0.3) is 0 Å². The number of nitrogens with zero attached hydrogens (tertiary/aromatic N) is 1. The Bertz CT molecular complexity index is 386. The number of anilines is 1. The molecule has 1 heterocycles. The highest BCUT2D eigenvalue weighted by Gasteiger charge is 2.36. The average molecular weight is 244 g/mol. The SMILES string of the molecule is CCN(c1ccccc1C(F)(F)F)C1CNC1. The molecule has 0 unspecified atom stereocenters. The van der Waals surface area contributed by atoms with Crippen molar-refractivity contribution in [3.8, 4) is 0 Å². The molecule has 0 spiro atoms. The van der Waals surface area contributed by atoms with Crippen molar-refractivity contribution in [3.63, 3.8) is 0 Å². The fourth-order valence-electron chi connectivity index (χ4n) is 2.08. The van der Waals surface area contributed by atoms with Crippen molar-refractivity contribution in [2.75, 3.05) is 24.5 Å². The van der Waals surface area contributed by atoms with E-state index in [0.717, 1.165) is 19.2 Å². The summed E-state index contributed by atoms with van der Waals surface area (Å²) in [6.07, 6.45) is -4.29. The molecule has 1 fully saturated rings. The zero-order valence-corrected chi connectivity index (χ0v) is 9.59. The largest absolute Gasteiger partial charge is 0.418 e. The fourth-order valence-corrected chi connectivity index (χ4v) is 2.08. The van der Waals surface area contributed by atoms with Crippen LogP contribution in [0.2, 0.25) is 0 Å². The number of hydrogen-bond donors (Lipinski definition) is 1. The number of benzene rings is 1. The predicted molar refractivity (Wildman–Crippen MR) is 61.1 cm³/mol. The molecule has 1 aliphatic rings. The number of para-hydroxylation sites is 1. The van der Waals surface area contributed by atoms with Crippen molar-refractivity contribution in [3.05, 3.63) is 29.8 Å². The van der Waals surface area contributed by atoms with E-state index in [-0.39, 0.29) is 11.7 Å². The van der Waals surface area contributed by atoms with Crippen LogP contribution < -0.4 is 10.2 Å². The lowest BCUT2D eigenvalue weighted by Gasteiger charge is -2.40. The summed E-state index contributed by atoms with van der Waals surface area (Å²) in [4.78, 5) is 1.82. The molecule has 0 aliphatic carbocycles. The highest BCUT2D eigenvalue weighted by molar-refractivity contribution is 5.56. The molecule has 0 radical (unpaired) electrons. The third kappa shape index (κ3) is 2.39. The number of alkyl halides is 3. The van der Waals surface area contributed by atoms with Gasteiger partial charge in [0.25, 0.3) is 0 Å². The van der Waals surface area contributed by atoms with Gasteiger partial charge in [-0.1, -0.05) is 12.1 Å². The van der Waals surface area contributed by atoms with E-state index in [1.165, 1.54) is 6.07 Å². The van der Waals surface area contributed by atoms with Gasteiger partial charge in [-0.05, 0) is 19.1 Å². The van der Waals surface area contributed by atoms with Crippen LogP contribution in [0.5, 0.6) is 0 Å². The van der Waals surface area contributed by atoms with E-state index in [9.17, 15) is 13.2 Å². The van der Waals surface area contributed by atoms with E-state index in [0.29, 0.717) is 6.54 Å². The summed E-state index contributed by atoms with van der Waals surface area (Å²) in [7, 11) is 0. The average Bonchev–Trinajstić information content (AvgIpc) is 2.22. The van der Waals surface area contributed by atoms with Gasteiger partial charge in [-0.15, -0.1) is 0 Å². The van der Waals surface area contributed by atoms with Gasteiger partial charge in [-0.3, -0.25) is 0 Å². The van der Waals surface area contributed by atoms with Crippen molar-refractivity contribution in [1.82, 2.24) is 5.32 Å². The molecule has 0 atom stereocenters. The second-order valence-corrected chi connectivity index (χ2v) is 4.11. The van der Waals surface area contributed by atoms with Crippen molar-refractivity contribution >= 4 is 5.69 Å². The van der Waals surface area contributed by atoms with Crippen LogP contribution in [-0.2, 0) is 6.18 Å². The Hall–Kier alpha value is -1.23. The molecule has 0 bridgehead atoms. The first kappa shape index (κ1) is 12.2. The van der Waals surface area contributed by atoms with Gasteiger partial charge in [0.05, 0.1) is 11.6 Å². The van der Waals surface area contributed by atoms with Gasteiger partial charge in [0.15, 0.2) is 0 Å². The van der Waals surface area contributed by atoms with Crippen molar-refractivity contribution < 1.29 is 13.2 Å². The molecule has 17 heavy (non-hydrogen) atoms. The summed E-state index contributed by atoms with van der Waals surface area (Å²) in [6.45, 7) is 3.96. The summed E-state index contributed by atoms with van der Waals surface area (Å²) in [6, 6.07) is 5.94. The highest BCUT2D eigenvalue weighted by atomic mass is 19.4. The molecular weight excluding hydrogens is 229 g/mol. The van der Waals surface area contributed by atoms with Gasteiger partial charge < -0.3 is 10.2 Å². The summed E-state index contributed by atoms with van der Waals surface area (Å²) in [5.74, 6) is 0. The minimum Gasteiger partial charge on any atom is -0.366 e. The first-order chi connectivity index (χ1) is 8.04. The molecule has 1 saturated heterocycles. The van der Waals surface area contributed by atoms with Gasteiger partial charge >= 0.3 is 6.18 Å². The molecule has 94 valence electrons. The molecule has 1 aromatic carbocycles. The minimum atomic E-state index is -4.29. The monoisotopic (exact) mass is 244 g/mol. The fraction of sp³-hybridized carbons (Fsp3) is 0.500. The highest BCUT2D eigenvalue weighted by Crippen LogP contribution is 2.37. The molecule has 0 aromatic heterocycles. The van der Waals surface area contributed by atoms with E-state index in [4.69, 9.17) is 0 Å². The third-order valence-corrected chi connectivity index (χ3v) is 3.06. The molecule has 1 aromatic rings. The Balaban J connectivity index is 2.35. The van der Waals surface area contributed by atoms with Gasteiger partial charge in [-0.25, -0.2) is 0 Å². The number of rotatable bonds is 3. The van der Waals surface area contributed by atoms with Gasteiger partial charge in [0.1, 0.15) is 0 Å². The lowest BCUT2D eigenvalue weighted by Crippen LogP contribution is -2.57. The normalized spacial score (nSPS) is 16.7. The van der Waals surface area contributed by atoms with Gasteiger partial charge in [0.2, 0.25) is 0 Å². The number of likely N-dealkylation sites (N-methyl/N-ethyl adjacent to an activating group) is 1. The van der Waals surface area contributed by atoms with Crippen LogP contribution in [0.15, 0.2) is 24.3 Å². The summed E-state index contributed by atoms with van der Waals surface area (Å²) in [5, 5.41) is 3.08. The van der Waals surface area contributed by atoms with Crippen molar-refractivity contribution in [2.45, 2.75) is 19.1 Å². The van der Waals surface area contributed by atoms with Crippen LogP contribution in [0, 0.1) is 0 Å². The van der Waals surface area contributed by atoms with Crippen LogP contribution in [0.4, 0.5) is 18.9 Å². The third-order valence-electron chi connectivity index (χ3n) is 3.06.